The third-order valence-corrected chi connectivity index (χ3v) is 3.93. The number of hydrogen-bond donors (Lipinski definition) is 2. The van der Waals surface area contributed by atoms with Gasteiger partial charge in [-0.2, -0.15) is 0 Å². The number of para-hydroxylation sites is 1. The minimum Gasteiger partial charge on any atom is -0.361 e. The molecule has 0 saturated heterocycles. The first-order valence-corrected chi connectivity index (χ1v) is 8.24. The summed E-state index contributed by atoms with van der Waals surface area (Å²) in [6.45, 7) is 3.61. The molecule has 2 amide bonds. The Bertz CT molecular complexity index is 919. The zero-order valence-corrected chi connectivity index (χ0v) is 14.5. The van der Waals surface area contributed by atoms with Crippen LogP contribution in [0.1, 0.15) is 45.1 Å². The molecule has 0 bridgehead atoms. The van der Waals surface area contributed by atoms with E-state index in [1.165, 1.54) is 6.07 Å². The van der Waals surface area contributed by atoms with Crippen molar-refractivity contribution in [1.29, 1.82) is 0 Å². The summed E-state index contributed by atoms with van der Waals surface area (Å²) in [5.74, 6) is -0.162. The monoisotopic (exact) mass is 349 g/mol. The van der Waals surface area contributed by atoms with Gasteiger partial charge in [0.2, 0.25) is 0 Å². The maximum Gasteiger partial charge on any atom is 0.277 e. The molecule has 132 valence electrons. The summed E-state index contributed by atoms with van der Waals surface area (Å²) in [7, 11) is 0. The lowest BCUT2D eigenvalue weighted by Gasteiger charge is -2.16. The van der Waals surface area contributed by atoms with Crippen LogP contribution < -0.4 is 10.6 Å². The Morgan fingerprint density at radius 3 is 2.38 bits per heavy atom. The SMILES string of the molecule is Cc1cc(C(=O)Nc2ccccc2C(=O)NC(C)c2ccccc2)no1. The molecule has 1 aromatic heterocycles. The molecule has 0 fully saturated rings. The molecular formula is C20H19N3O3. The zero-order valence-electron chi connectivity index (χ0n) is 14.5. The number of hydrogen-bond acceptors (Lipinski definition) is 4. The van der Waals surface area contributed by atoms with Crippen molar-refractivity contribution in [2.75, 3.05) is 5.32 Å². The highest BCUT2D eigenvalue weighted by molar-refractivity contribution is 6.08. The summed E-state index contributed by atoms with van der Waals surface area (Å²) in [5, 5.41) is 9.34. The van der Waals surface area contributed by atoms with Crippen molar-refractivity contribution < 1.29 is 14.1 Å². The number of nitrogens with zero attached hydrogens (tertiary/aromatic N) is 1. The van der Waals surface area contributed by atoms with Gasteiger partial charge in [-0.1, -0.05) is 47.6 Å². The zero-order chi connectivity index (χ0) is 18.5. The molecule has 1 atom stereocenters. The topological polar surface area (TPSA) is 84.2 Å². The highest BCUT2D eigenvalue weighted by Gasteiger charge is 2.17. The number of rotatable bonds is 5. The van der Waals surface area contributed by atoms with Gasteiger partial charge in [0.1, 0.15) is 5.76 Å². The third-order valence-electron chi connectivity index (χ3n) is 3.93. The van der Waals surface area contributed by atoms with Crippen LogP contribution in [-0.4, -0.2) is 17.0 Å². The fraction of sp³-hybridized carbons (Fsp3) is 0.150. The van der Waals surface area contributed by atoms with Crippen molar-refractivity contribution in [2.45, 2.75) is 19.9 Å². The van der Waals surface area contributed by atoms with Crippen molar-refractivity contribution in [3.8, 4) is 0 Å². The molecule has 3 aromatic rings. The summed E-state index contributed by atoms with van der Waals surface area (Å²) in [6.07, 6.45) is 0. The van der Waals surface area contributed by atoms with Crippen LogP contribution in [0.5, 0.6) is 0 Å². The maximum absolute atomic E-state index is 12.7. The highest BCUT2D eigenvalue weighted by Crippen LogP contribution is 2.19. The number of carbonyl (C=O) groups excluding carboxylic acids is 2. The molecule has 0 aliphatic carbocycles. The van der Waals surface area contributed by atoms with E-state index < -0.39 is 5.91 Å². The van der Waals surface area contributed by atoms with Gasteiger partial charge in [-0.05, 0) is 31.5 Å². The van der Waals surface area contributed by atoms with Gasteiger partial charge in [0.05, 0.1) is 17.3 Å². The number of amides is 2. The Balaban J connectivity index is 1.76. The van der Waals surface area contributed by atoms with Crippen LogP contribution in [0.25, 0.3) is 0 Å². The number of aromatic nitrogens is 1. The number of anilines is 1. The van der Waals surface area contributed by atoms with Gasteiger partial charge >= 0.3 is 0 Å². The number of aryl methyl sites for hydroxylation is 1. The predicted octanol–water partition coefficient (Wildman–Crippen LogP) is 3.73. The minimum absolute atomic E-state index is 0.161. The quantitative estimate of drug-likeness (QED) is 0.735. The van der Waals surface area contributed by atoms with Crippen LogP contribution in [-0.2, 0) is 0 Å². The average molecular weight is 349 g/mol. The molecule has 0 radical (unpaired) electrons. The molecular weight excluding hydrogens is 330 g/mol. The van der Waals surface area contributed by atoms with Crippen LogP contribution in [0.3, 0.4) is 0 Å². The molecule has 0 spiro atoms. The van der Waals surface area contributed by atoms with Gasteiger partial charge < -0.3 is 15.2 Å². The average Bonchev–Trinajstić information content (AvgIpc) is 3.09. The number of benzene rings is 2. The molecule has 0 aliphatic heterocycles. The third kappa shape index (κ3) is 3.97. The summed E-state index contributed by atoms with van der Waals surface area (Å²) < 4.78 is 4.91. The number of nitrogens with one attached hydrogen (secondary N) is 2. The van der Waals surface area contributed by atoms with Gasteiger partial charge in [-0.3, -0.25) is 9.59 Å². The smallest absolute Gasteiger partial charge is 0.277 e. The Labute approximate surface area is 151 Å². The highest BCUT2D eigenvalue weighted by atomic mass is 16.5. The van der Waals surface area contributed by atoms with Crippen molar-refractivity contribution in [1.82, 2.24) is 10.5 Å². The summed E-state index contributed by atoms with van der Waals surface area (Å²) >= 11 is 0. The second-order valence-corrected chi connectivity index (χ2v) is 5.93. The van der Waals surface area contributed by atoms with Crippen LogP contribution in [0.4, 0.5) is 5.69 Å². The molecule has 1 unspecified atom stereocenters. The summed E-state index contributed by atoms with van der Waals surface area (Å²) in [5.41, 5.74) is 1.95. The van der Waals surface area contributed by atoms with E-state index in [0.717, 1.165) is 5.56 Å². The second-order valence-electron chi connectivity index (χ2n) is 5.93. The second kappa shape index (κ2) is 7.65. The van der Waals surface area contributed by atoms with Crippen LogP contribution >= 0.6 is 0 Å². The molecule has 0 saturated carbocycles. The van der Waals surface area contributed by atoms with Crippen molar-refractivity contribution in [3.05, 3.63) is 83.2 Å². The van der Waals surface area contributed by atoms with Crippen LogP contribution in [0.15, 0.2) is 65.2 Å². The summed E-state index contributed by atoms with van der Waals surface area (Å²) in [4.78, 5) is 25.0. The van der Waals surface area contributed by atoms with E-state index in [2.05, 4.69) is 15.8 Å². The molecule has 0 aliphatic rings. The van der Waals surface area contributed by atoms with Gasteiger partial charge in [-0.25, -0.2) is 0 Å². The number of carbonyl (C=O) groups is 2. The van der Waals surface area contributed by atoms with Gasteiger partial charge in [0, 0.05) is 6.07 Å². The molecule has 3 rings (SSSR count). The van der Waals surface area contributed by atoms with Gasteiger partial charge in [0.25, 0.3) is 11.8 Å². The Morgan fingerprint density at radius 1 is 1.00 bits per heavy atom. The first kappa shape index (κ1) is 17.4. The van der Waals surface area contributed by atoms with Crippen LogP contribution in [0.2, 0.25) is 0 Å². The Hall–Kier alpha value is -3.41. The lowest BCUT2D eigenvalue weighted by molar-refractivity contribution is 0.0941. The molecule has 26 heavy (non-hydrogen) atoms. The van der Waals surface area contributed by atoms with Crippen molar-refractivity contribution >= 4 is 17.5 Å². The lowest BCUT2D eigenvalue weighted by Crippen LogP contribution is -2.28. The van der Waals surface area contributed by atoms with Crippen molar-refractivity contribution in [3.63, 3.8) is 0 Å². The largest absolute Gasteiger partial charge is 0.361 e. The van der Waals surface area contributed by atoms with E-state index >= 15 is 0 Å². The minimum atomic E-state index is -0.432. The molecule has 1 heterocycles. The normalized spacial score (nSPS) is 11.6. The Morgan fingerprint density at radius 2 is 1.69 bits per heavy atom. The van der Waals surface area contributed by atoms with E-state index in [4.69, 9.17) is 4.52 Å². The fourth-order valence-electron chi connectivity index (χ4n) is 2.55. The Kier molecular flexibility index (Phi) is 5.12. The first-order valence-electron chi connectivity index (χ1n) is 8.24. The van der Waals surface area contributed by atoms with E-state index in [9.17, 15) is 9.59 Å². The summed E-state index contributed by atoms with van der Waals surface area (Å²) in [6, 6.07) is 17.9. The lowest BCUT2D eigenvalue weighted by atomic mass is 10.1. The maximum atomic E-state index is 12.7. The van der Waals surface area contributed by atoms with Gasteiger partial charge in [-0.15, -0.1) is 0 Å². The van der Waals surface area contributed by atoms with Gasteiger partial charge in [0.15, 0.2) is 5.69 Å². The molecule has 2 N–H and O–H groups in total. The van der Waals surface area contributed by atoms with Crippen LogP contribution in [0, 0.1) is 6.92 Å². The van der Waals surface area contributed by atoms with E-state index in [0.29, 0.717) is 17.0 Å². The molecule has 6 nitrogen and oxygen atoms in total. The van der Waals surface area contributed by atoms with E-state index in [1.807, 2.05) is 37.3 Å². The predicted molar refractivity (Wildman–Crippen MR) is 98.0 cm³/mol. The first-order chi connectivity index (χ1) is 12.5. The fourth-order valence-corrected chi connectivity index (χ4v) is 2.55. The van der Waals surface area contributed by atoms with Crippen molar-refractivity contribution in [2.24, 2.45) is 0 Å². The molecule has 6 heteroatoms. The van der Waals surface area contributed by atoms with E-state index in [-0.39, 0.29) is 17.6 Å². The van der Waals surface area contributed by atoms with E-state index in [1.54, 1.807) is 31.2 Å². The molecule has 2 aromatic carbocycles. The standard InChI is InChI=1S/C20H19N3O3/c1-13-12-18(23-26-13)20(25)22-17-11-7-6-10-16(17)19(24)21-14(2)15-8-4-3-5-9-15/h3-12,14H,1-2H3,(H,21,24)(H,22,25).